The largest absolute Gasteiger partial charge is 0.504 e. The van der Waals surface area contributed by atoms with Crippen molar-refractivity contribution in [1.82, 2.24) is 0 Å². The van der Waals surface area contributed by atoms with Gasteiger partial charge in [0.25, 0.3) is 0 Å². The van der Waals surface area contributed by atoms with E-state index in [0.717, 1.165) is 24.0 Å². The summed E-state index contributed by atoms with van der Waals surface area (Å²) in [7, 11) is 6.04. The first-order valence-corrected chi connectivity index (χ1v) is 9.31. The Balaban J connectivity index is 2.44. The second-order valence-electron chi connectivity index (χ2n) is 7.35. The number of hydrogen-bond acceptors (Lipinski definition) is 6. The molecule has 152 valence electrons. The molecular weight excluding hydrogens is 360 g/mol. The third kappa shape index (κ3) is 3.07. The molecule has 0 aromatic heterocycles. The van der Waals surface area contributed by atoms with Crippen molar-refractivity contribution in [3.8, 4) is 45.6 Å². The fraction of sp³-hybridized carbons (Fsp3) is 0.455. The lowest BCUT2D eigenvalue weighted by molar-refractivity contribution is 0.326. The van der Waals surface area contributed by atoms with Crippen molar-refractivity contribution >= 4 is 0 Å². The highest BCUT2D eigenvalue weighted by molar-refractivity contribution is 5.87. The molecule has 2 aromatic carbocycles. The molecule has 1 aliphatic rings. The van der Waals surface area contributed by atoms with Crippen LogP contribution < -0.4 is 18.9 Å². The summed E-state index contributed by atoms with van der Waals surface area (Å²) in [5.41, 5.74) is 2.87. The van der Waals surface area contributed by atoms with Crippen molar-refractivity contribution in [1.29, 1.82) is 0 Å². The molecule has 2 aromatic rings. The zero-order valence-corrected chi connectivity index (χ0v) is 17.3. The van der Waals surface area contributed by atoms with Gasteiger partial charge in [-0.2, -0.15) is 0 Å². The number of benzene rings is 2. The van der Waals surface area contributed by atoms with E-state index < -0.39 is 0 Å². The average Bonchev–Trinajstić information content (AvgIpc) is 2.67. The maximum atomic E-state index is 11.1. The SMILES string of the molecule is COc1cc2c(c(O)c1OC)-c1c(cc(OC)c(OC)c1O)C[C@H](C)[C@H](C)C2. The Kier molecular flexibility index (Phi) is 5.49. The van der Waals surface area contributed by atoms with E-state index >= 15 is 0 Å². The van der Waals surface area contributed by atoms with Crippen molar-refractivity contribution < 1.29 is 29.2 Å². The van der Waals surface area contributed by atoms with Gasteiger partial charge in [-0.15, -0.1) is 0 Å². The fourth-order valence-corrected chi connectivity index (χ4v) is 4.03. The van der Waals surface area contributed by atoms with Gasteiger partial charge in [-0.05, 0) is 47.9 Å². The molecule has 6 nitrogen and oxygen atoms in total. The van der Waals surface area contributed by atoms with Crippen molar-refractivity contribution in [3.05, 3.63) is 23.3 Å². The zero-order chi connectivity index (χ0) is 20.6. The fourth-order valence-electron chi connectivity index (χ4n) is 4.03. The molecule has 0 saturated carbocycles. The number of phenols is 2. The molecule has 0 fully saturated rings. The zero-order valence-electron chi connectivity index (χ0n) is 17.3. The van der Waals surface area contributed by atoms with E-state index in [1.807, 2.05) is 12.1 Å². The molecule has 2 atom stereocenters. The summed E-state index contributed by atoms with van der Waals surface area (Å²) in [6.07, 6.45) is 1.47. The van der Waals surface area contributed by atoms with Crippen molar-refractivity contribution in [2.24, 2.45) is 11.8 Å². The molecule has 2 N–H and O–H groups in total. The average molecular weight is 388 g/mol. The summed E-state index contributed by atoms with van der Waals surface area (Å²) in [5, 5.41) is 22.2. The van der Waals surface area contributed by atoms with E-state index in [1.165, 1.54) is 28.4 Å². The van der Waals surface area contributed by atoms with Gasteiger partial charge in [-0.3, -0.25) is 0 Å². The minimum absolute atomic E-state index is 0.0534. The molecule has 0 aliphatic heterocycles. The predicted octanol–water partition coefficient (Wildman–Crippen LogP) is 4.17. The van der Waals surface area contributed by atoms with Gasteiger partial charge in [0.2, 0.25) is 11.5 Å². The Morgan fingerprint density at radius 1 is 0.679 bits per heavy atom. The molecule has 6 heteroatoms. The van der Waals surface area contributed by atoms with Gasteiger partial charge in [0, 0.05) is 11.1 Å². The highest BCUT2D eigenvalue weighted by Crippen LogP contribution is 2.54. The standard InChI is InChI=1S/C22H28O6/c1-11-7-13-9-15(25-3)21(27-5)19(23)17(13)18-14(8-12(11)2)10-16(26-4)22(28-6)20(18)24/h9-12,23-24H,7-8H2,1-6H3/t11-,12+. The highest BCUT2D eigenvalue weighted by atomic mass is 16.5. The van der Waals surface area contributed by atoms with Crippen LogP contribution in [0.25, 0.3) is 11.1 Å². The van der Waals surface area contributed by atoms with Gasteiger partial charge in [0.15, 0.2) is 23.0 Å². The number of methoxy groups -OCH3 is 4. The summed E-state index contributed by atoms with van der Waals surface area (Å²) in [6, 6.07) is 3.75. The summed E-state index contributed by atoms with van der Waals surface area (Å²) < 4.78 is 21.6. The van der Waals surface area contributed by atoms with Gasteiger partial charge in [0.1, 0.15) is 0 Å². The highest BCUT2D eigenvalue weighted by Gasteiger charge is 2.31. The van der Waals surface area contributed by atoms with Crippen LogP contribution in [0.5, 0.6) is 34.5 Å². The van der Waals surface area contributed by atoms with Crippen molar-refractivity contribution in [3.63, 3.8) is 0 Å². The molecule has 3 rings (SSSR count). The van der Waals surface area contributed by atoms with Crippen LogP contribution in [0.3, 0.4) is 0 Å². The topological polar surface area (TPSA) is 77.4 Å². The van der Waals surface area contributed by atoms with Crippen LogP contribution in [-0.4, -0.2) is 38.7 Å². The molecule has 1 aliphatic carbocycles. The monoisotopic (exact) mass is 388 g/mol. The number of ether oxygens (including phenoxy) is 4. The Hall–Kier alpha value is -2.76. The summed E-state index contributed by atoms with van der Waals surface area (Å²) in [6.45, 7) is 4.38. The van der Waals surface area contributed by atoms with E-state index in [9.17, 15) is 10.2 Å². The molecule has 0 bridgehead atoms. The molecule has 0 heterocycles. The maximum Gasteiger partial charge on any atom is 0.203 e. The van der Waals surface area contributed by atoms with Crippen LogP contribution in [0.1, 0.15) is 25.0 Å². The molecular formula is C22H28O6. The lowest BCUT2D eigenvalue weighted by Gasteiger charge is -2.29. The molecule has 0 saturated heterocycles. The Bertz CT molecular complexity index is 816. The second kappa shape index (κ2) is 7.70. The first kappa shape index (κ1) is 20.0. The number of hydrogen-bond donors (Lipinski definition) is 2. The van der Waals surface area contributed by atoms with Crippen LogP contribution in [0.2, 0.25) is 0 Å². The smallest absolute Gasteiger partial charge is 0.203 e. The third-order valence-corrected chi connectivity index (χ3v) is 5.76. The van der Waals surface area contributed by atoms with Crippen molar-refractivity contribution in [2.45, 2.75) is 26.7 Å². The van der Waals surface area contributed by atoms with Crippen LogP contribution in [0.4, 0.5) is 0 Å². The molecule has 0 unspecified atom stereocenters. The van der Waals surface area contributed by atoms with Gasteiger partial charge in [0.05, 0.1) is 28.4 Å². The maximum absolute atomic E-state index is 11.1. The minimum atomic E-state index is -0.0534. The lowest BCUT2D eigenvalue weighted by Crippen LogP contribution is -2.17. The third-order valence-electron chi connectivity index (χ3n) is 5.76. The first-order valence-electron chi connectivity index (χ1n) is 9.31. The second-order valence-corrected chi connectivity index (χ2v) is 7.35. The molecule has 0 radical (unpaired) electrons. The van der Waals surface area contributed by atoms with Gasteiger partial charge < -0.3 is 29.2 Å². The van der Waals surface area contributed by atoms with E-state index in [4.69, 9.17) is 18.9 Å². The quantitative estimate of drug-likeness (QED) is 0.819. The Morgan fingerprint density at radius 2 is 1.04 bits per heavy atom. The summed E-state index contributed by atoms with van der Waals surface area (Å²) >= 11 is 0. The van der Waals surface area contributed by atoms with Crippen LogP contribution in [0, 0.1) is 11.8 Å². The minimum Gasteiger partial charge on any atom is -0.504 e. The van der Waals surface area contributed by atoms with Crippen LogP contribution >= 0.6 is 0 Å². The van der Waals surface area contributed by atoms with Crippen LogP contribution in [0.15, 0.2) is 12.1 Å². The predicted molar refractivity (Wildman–Crippen MR) is 107 cm³/mol. The number of phenolic OH excluding ortho intramolecular Hbond substituents is 2. The molecule has 0 spiro atoms. The summed E-state index contributed by atoms with van der Waals surface area (Å²) in [4.78, 5) is 0. The van der Waals surface area contributed by atoms with E-state index in [1.54, 1.807) is 0 Å². The number of rotatable bonds is 4. The Labute approximate surface area is 165 Å². The molecule has 28 heavy (non-hydrogen) atoms. The normalized spacial score (nSPS) is 18.4. The number of fused-ring (bicyclic) bond motifs is 3. The van der Waals surface area contributed by atoms with Gasteiger partial charge >= 0.3 is 0 Å². The Morgan fingerprint density at radius 3 is 1.32 bits per heavy atom. The van der Waals surface area contributed by atoms with Gasteiger partial charge in [-0.1, -0.05) is 13.8 Å². The molecule has 0 amide bonds. The van der Waals surface area contributed by atoms with Crippen LogP contribution in [-0.2, 0) is 12.8 Å². The number of aromatic hydroxyl groups is 2. The first-order chi connectivity index (χ1) is 13.4. The van der Waals surface area contributed by atoms with E-state index in [2.05, 4.69) is 13.8 Å². The summed E-state index contributed by atoms with van der Waals surface area (Å²) in [5.74, 6) is 2.01. The van der Waals surface area contributed by atoms with Gasteiger partial charge in [-0.25, -0.2) is 0 Å². The van der Waals surface area contributed by atoms with E-state index in [0.29, 0.717) is 34.5 Å². The lowest BCUT2D eigenvalue weighted by atomic mass is 9.77. The van der Waals surface area contributed by atoms with E-state index in [-0.39, 0.29) is 23.0 Å². The van der Waals surface area contributed by atoms with Crippen molar-refractivity contribution in [2.75, 3.05) is 28.4 Å².